The van der Waals surface area contributed by atoms with E-state index in [1.54, 1.807) is 24.1 Å². The van der Waals surface area contributed by atoms with Crippen LogP contribution in [0.3, 0.4) is 0 Å². The molecule has 1 atom stereocenters. The topological polar surface area (TPSA) is 96.5 Å². The van der Waals surface area contributed by atoms with Crippen LogP contribution in [-0.4, -0.2) is 46.7 Å². The molecule has 2 heterocycles. The summed E-state index contributed by atoms with van der Waals surface area (Å²) in [7, 11) is 1.54. The summed E-state index contributed by atoms with van der Waals surface area (Å²) in [6, 6.07) is 13.9. The monoisotopic (exact) mass is 501 g/mol. The maximum Gasteiger partial charge on any atom is 0.322 e. The van der Waals surface area contributed by atoms with Crippen LogP contribution in [-0.2, 0) is 4.79 Å². The molecular formula is C21H20BrN5O3S. The van der Waals surface area contributed by atoms with E-state index < -0.39 is 6.04 Å². The smallest absolute Gasteiger partial charge is 0.322 e. The van der Waals surface area contributed by atoms with Crippen molar-refractivity contribution in [1.29, 1.82) is 0 Å². The predicted molar refractivity (Wildman–Crippen MR) is 123 cm³/mol. The highest BCUT2D eigenvalue weighted by Gasteiger charge is 2.35. The summed E-state index contributed by atoms with van der Waals surface area (Å²) < 4.78 is 6.25. The summed E-state index contributed by atoms with van der Waals surface area (Å²) in [6.45, 7) is 0.499. The van der Waals surface area contributed by atoms with Gasteiger partial charge in [-0.05, 0) is 37.1 Å². The van der Waals surface area contributed by atoms with E-state index in [4.69, 9.17) is 4.74 Å². The number of carbonyl (C=O) groups is 2. The van der Waals surface area contributed by atoms with Gasteiger partial charge in [-0.2, -0.15) is 0 Å². The van der Waals surface area contributed by atoms with Gasteiger partial charge in [-0.3, -0.25) is 10.1 Å². The van der Waals surface area contributed by atoms with E-state index in [1.807, 2.05) is 36.4 Å². The number of nitrogens with one attached hydrogen (secondary N) is 2. The number of amides is 3. The number of likely N-dealkylation sites (tertiary alicyclic amines) is 1. The van der Waals surface area contributed by atoms with Crippen LogP contribution in [0.1, 0.15) is 12.8 Å². The van der Waals surface area contributed by atoms with Crippen LogP contribution >= 0.6 is 27.3 Å². The number of ether oxygens (including phenoxy) is 1. The summed E-state index contributed by atoms with van der Waals surface area (Å²) in [5, 5.41) is 15.0. The van der Waals surface area contributed by atoms with E-state index in [-0.39, 0.29) is 11.9 Å². The number of carbonyl (C=O) groups excluding carboxylic acids is 2. The van der Waals surface area contributed by atoms with E-state index in [0.717, 1.165) is 16.5 Å². The van der Waals surface area contributed by atoms with Gasteiger partial charge in [0.2, 0.25) is 11.0 Å². The summed E-state index contributed by atoms with van der Waals surface area (Å²) in [4.78, 5) is 27.2. The average molecular weight is 502 g/mol. The lowest BCUT2D eigenvalue weighted by Crippen LogP contribution is -2.45. The molecule has 3 amide bonds. The maximum atomic E-state index is 12.9. The number of benzene rings is 2. The molecule has 0 spiro atoms. The van der Waals surface area contributed by atoms with Crippen molar-refractivity contribution in [3.05, 3.63) is 53.0 Å². The molecule has 2 aromatic carbocycles. The Balaban J connectivity index is 1.42. The first-order chi connectivity index (χ1) is 15.0. The Morgan fingerprint density at radius 1 is 1.13 bits per heavy atom. The van der Waals surface area contributed by atoms with Crippen LogP contribution in [0.15, 0.2) is 53.0 Å². The van der Waals surface area contributed by atoms with Gasteiger partial charge in [0.25, 0.3) is 0 Å². The number of urea groups is 1. The van der Waals surface area contributed by atoms with Crippen LogP contribution < -0.4 is 15.4 Å². The molecule has 1 unspecified atom stereocenters. The highest BCUT2D eigenvalue weighted by Crippen LogP contribution is 2.29. The Labute approximate surface area is 191 Å². The van der Waals surface area contributed by atoms with Gasteiger partial charge in [0, 0.05) is 16.6 Å². The molecule has 1 saturated heterocycles. The Bertz CT molecular complexity index is 1090. The zero-order valence-electron chi connectivity index (χ0n) is 16.7. The van der Waals surface area contributed by atoms with Gasteiger partial charge in [-0.15, -0.1) is 10.2 Å². The van der Waals surface area contributed by atoms with E-state index >= 15 is 0 Å². The van der Waals surface area contributed by atoms with Gasteiger partial charge < -0.3 is 15.0 Å². The third kappa shape index (κ3) is 4.86. The van der Waals surface area contributed by atoms with Gasteiger partial charge in [0.1, 0.15) is 16.8 Å². The molecule has 31 heavy (non-hydrogen) atoms. The third-order valence-corrected chi connectivity index (χ3v) is 6.33. The second-order valence-electron chi connectivity index (χ2n) is 6.89. The number of methoxy groups -OCH3 is 1. The minimum absolute atomic E-state index is 0.272. The van der Waals surface area contributed by atoms with Crippen molar-refractivity contribution in [2.45, 2.75) is 18.9 Å². The summed E-state index contributed by atoms with van der Waals surface area (Å²) >= 11 is 4.70. The van der Waals surface area contributed by atoms with Gasteiger partial charge in [-0.1, -0.05) is 51.5 Å². The quantitative estimate of drug-likeness (QED) is 0.531. The molecule has 10 heteroatoms. The van der Waals surface area contributed by atoms with Gasteiger partial charge >= 0.3 is 6.03 Å². The largest absolute Gasteiger partial charge is 0.495 e. The fourth-order valence-corrected chi connectivity index (χ4v) is 4.41. The lowest BCUT2D eigenvalue weighted by molar-refractivity contribution is -0.119. The Morgan fingerprint density at radius 2 is 1.90 bits per heavy atom. The van der Waals surface area contributed by atoms with Gasteiger partial charge in [0.05, 0.1) is 12.8 Å². The number of para-hydroxylation sites is 2. The fourth-order valence-electron chi connectivity index (χ4n) is 3.39. The number of aromatic nitrogens is 2. The number of rotatable bonds is 5. The number of halogens is 1. The molecule has 3 aromatic rings. The number of hydrogen-bond donors (Lipinski definition) is 2. The van der Waals surface area contributed by atoms with Crippen molar-refractivity contribution >= 4 is 50.0 Å². The SMILES string of the molecule is COc1ccccc1NC(=O)N1CCCC1C(=O)Nc1nnc(-c2ccc(Br)cc2)s1. The first kappa shape index (κ1) is 21.3. The van der Waals surface area contributed by atoms with Crippen LogP contribution in [0.4, 0.5) is 15.6 Å². The normalized spacial score (nSPS) is 15.5. The second kappa shape index (κ2) is 9.44. The molecule has 1 aromatic heterocycles. The van der Waals surface area contributed by atoms with E-state index in [1.165, 1.54) is 11.3 Å². The van der Waals surface area contributed by atoms with Crippen molar-refractivity contribution in [2.75, 3.05) is 24.3 Å². The highest BCUT2D eigenvalue weighted by molar-refractivity contribution is 9.10. The predicted octanol–water partition coefficient (Wildman–Crippen LogP) is 4.61. The van der Waals surface area contributed by atoms with Crippen molar-refractivity contribution in [2.24, 2.45) is 0 Å². The molecule has 1 aliphatic heterocycles. The van der Waals surface area contributed by atoms with Crippen LogP contribution in [0.5, 0.6) is 5.75 Å². The summed E-state index contributed by atoms with van der Waals surface area (Å²) in [5.74, 6) is 0.288. The summed E-state index contributed by atoms with van der Waals surface area (Å²) in [5.41, 5.74) is 1.48. The minimum atomic E-state index is -0.574. The lowest BCUT2D eigenvalue weighted by atomic mass is 10.2. The van der Waals surface area contributed by atoms with Crippen molar-refractivity contribution in [1.82, 2.24) is 15.1 Å². The van der Waals surface area contributed by atoms with Crippen LogP contribution in [0, 0.1) is 0 Å². The van der Waals surface area contributed by atoms with Crippen LogP contribution in [0.2, 0.25) is 0 Å². The van der Waals surface area contributed by atoms with Crippen LogP contribution in [0.25, 0.3) is 10.6 Å². The van der Waals surface area contributed by atoms with E-state index in [9.17, 15) is 9.59 Å². The van der Waals surface area contributed by atoms with Gasteiger partial charge in [0.15, 0.2) is 0 Å². The Hall–Kier alpha value is -2.98. The molecule has 4 rings (SSSR count). The average Bonchev–Trinajstić information content (AvgIpc) is 3.44. The molecule has 8 nitrogen and oxygen atoms in total. The number of hydrogen-bond acceptors (Lipinski definition) is 6. The molecule has 160 valence electrons. The highest BCUT2D eigenvalue weighted by atomic mass is 79.9. The Morgan fingerprint density at radius 3 is 2.68 bits per heavy atom. The molecule has 0 radical (unpaired) electrons. The number of anilines is 2. The van der Waals surface area contributed by atoms with Crippen molar-refractivity contribution < 1.29 is 14.3 Å². The molecule has 0 bridgehead atoms. The fraction of sp³-hybridized carbons (Fsp3) is 0.238. The molecular weight excluding hydrogens is 482 g/mol. The lowest BCUT2D eigenvalue weighted by Gasteiger charge is -2.24. The third-order valence-electron chi connectivity index (χ3n) is 4.91. The molecule has 0 aliphatic carbocycles. The van der Waals surface area contributed by atoms with E-state index in [2.05, 4.69) is 36.8 Å². The standard InChI is InChI=1S/C21H20BrN5O3S/c1-30-17-7-3-2-5-15(17)23-21(29)27-12-4-6-16(27)18(28)24-20-26-25-19(31-20)13-8-10-14(22)11-9-13/h2-3,5,7-11,16H,4,6,12H2,1H3,(H,23,29)(H,24,26,28). The van der Waals surface area contributed by atoms with Gasteiger partial charge in [-0.25, -0.2) is 4.79 Å². The maximum absolute atomic E-state index is 12.9. The zero-order chi connectivity index (χ0) is 21.8. The van der Waals surface area contributed by atoms with Crippen molar-refractivity contribution in [3.8, 4) is 16.3 Å². The molecule has 1 aliphatic rings. The zero-order valence-corrected chi connectivity index (χ0v) is 19.1. The Kier molecular flexibility index (Phi) is 6.47. The van der Waals surface area contributed by atoms with E-state index in [0.29, 0.717) is 34.5 Å². The first-order valence-corrected chi connectivity index (χ1v) is 11.3. The summed E-state index contributed by atoms with van der Waals surface area (Å²) in [6.07, 6.45) is 1.33. The molecule has 2 N–H and O–H groups in total. The second-order valence-corrected chi connectivity index (χ2v) is 8.78. The molecule has 0 saturated carbocycles. The first-order valence-electron chi connectivity index (χ1n) is 9.66. The van der Waals surface area contributed by atoms with Crippen molar-refractivity contribution in [3.63, 3.8) is 0 Å². The number of nitrogens with zero attached hydrogens (tertiary/aromatic N) is 3. The minimum Gasteiger partial charge on any atom is -0.495 e. The molecule has 1 fully saturated rings.